The van der Waals surface area contributed by atoms with Crippen LogP contribution in [-0.2, 0) is 4.79 Å². The molecule has 0 aliphatic heterocycles. The Morgan fingerprint density at radius 2 is 2.11 bits per heavy atom. The van der Waals surface area contributed by atoms with E-state index in [1.54, 1.807) is 0 Å². The van der Waals surface area contributed by atoms with Crippen LogP contribution in [0.1, 0.15) is 44.2 Å². The minimum absolute atomic E-state index is 0.0745. The molecule has 1 amide bonds. The van der Waals surface area contributed by atoms with Crippen molar-refractivity contribution in [2.24, 2.45) is 11.7 Å². The van der Waals surface area contributed by atoms with Gasteiger partial charge in [-0.3, -0.25) is 4.79 Å². The van der Waals surface area contributed by atoms with Gasteiger partial charge < -0.3 is 11.1 Å². The molecule has 18 heavy (non-hydrogen) atoms. The smallest absolute Gasteiger partial charge is 0.222 e. The lowest BCUT2D eigenvalue weighted by molar-refractivity contribution is -0.122. The Labute approximate surface area is 109 Å². The van der Waals surface area contributed by atoms with Crippen molar-refractivity contribution in [1.82, 2.24) is 5.32 Å². The number of benzene rings is 1. The van der Waals surface area contributed by atoms with E-state index in [-0.39, 0.29) is 11.9 Å². The quantitative estimate of drug-likeness (QED) is 0.857. The first-order valence-corrected chi connectivity index (χ1v) is 6.75. The van der Waals surface area contributed by atoms with Crippen molar-refractivity contribution in [1.29, 1.82) is 0 Å². The van der Waals surface area contributed by atoms with E-state index in [2.05, 4.69) is 12.2 Å². The highest BCUT2D eigenvalue weighted by molar-refractivity contribution is 5.77. The van der Waals surface area contributed by atoms with Crippen LogP contribution in [0.25, 0.3) is 0 Å². The standard InChI is InChI=1S/C15H22N2O/c1-11-7-8-13(9-11)17-15(18)10-14(16)12-5-3-2-4-6-12/h2-6,11,13-14H,7-10,16H2,1H3,(H,17,18). The molecule has 0 aromatic heterocycles. The molecule has 0 radical (unpaired) electrons. The largest absolute Gasteiger partial charge is 0.353 e. The van der Waals surface area contributed by atoms with E-state index in [9.17, 15) is 4.79 Å². The van der Waals surface area contributed by atoms with Crippen LogP contribution < -0.4 is 11.1 Å². The lowest BCUT2D eigenvalue weighted by Gasteiger charge is -2.15. The number of nitrogens with two attached hydrogens (primary N) is 1. The second-order valence-electron chi connectivity index (χ2n) is 5.40. The molecule has 3 nitrogen and oxygen atoms in total. The molecule has 0 saturated heterocycles. The second kappa shape index (κ2) is 6.01. The first kappa shape index (κ1) is 13.1. The van der Waals surface area contributed by atoms with Crippen LogP contribution >= 0.6 is 0 Å². The summed E-state index contributed by atoms with van der Waals surface area (Å²) in [5.74, 6) is 0.809. The Bertz CT molecular complexity index is 391. The van der Waals surface area contributed by atoms with Crippen LogP contribution in [0.3, 0.4) is 0 Å². The van der Waals surface area contributed by atoms with Crippen LogP contribution in [0.2, 0.25) is 0 Å². The van der Waals surface area contributed by atoms with Crippen LogP contribution in [-0.4, -0.2) is 11.9 Å². The van der Waals surface area contributed by atoms with Crippen molar-refractivity contribution in [3.8, 4) is 0 Å². The number of rotatable bonds is 4. The van der Waals surface area contributed by atoms with Crippen LogP contribution in [0, 0.1) is 5.92 Å². The molecular formula is C15H22N2O. The number of nitrogens with one attached hydrogen (secondary N) is 1. The number of amides is 1. The van der Waals surface area contributed by atoms with Gasteiger partial charge in [-0.1, -0.05) is 37.3 Å². The van der Waals surface area contributed by atoms with Crippen molar-refractivity contribution < 1.29 is 4.79 Å². The van der Waals surface area contributed by atoms with Gasteiger partial charge >= 0.3 is 0 Å². The fraction of sp³-hybridized carbons (Fsp3) is 0.533. The number of hydrogen-bond donors (Lipinski definition) is 2. The molecule has 3 atom stereocenters. The molecule has 3 N–H and O–H groups in total. The Morgan fingerprint density at radius 3 is 2.72 bits per heavy atom. The maximum Gasteiger partial charge on any atom is 0.222 e. The molecule has 1 aliphatic carbocycles. The molecular weight excluding hydrogens is 224 g/mol. The minimum atomic E-state index is -0.204. The maximum atomic E-state index is 11.9. The van der Waals surface area contributed by atoms with E-state index >= 15 is 0 Å². The van der Waals surface area contributed by atoms with E-state index in [1.165, 1.54) is 6.42 Å². The van der Waals surface area contributed by atoms with Gasteiger partial charge in [-0.15, -0.1) is 0 Å². The van der Waals surface area contributed by atoms with Gasteiger partial charge in [-0.05, 0) is 30.7 Å². The van der Waals surface area contributed by atoms with Crippen molar-refractivity contribution >= 4 is 5.91 Å². The van der Waals surface area contributed by atoms with Crippen molar-refractivity contribution in [3.63, 3.8) is 0 Å². The fourth-order valence-electron chi connectivity index (χ4n) is 2.64. The monoisotopic (exact) mass is 246 g/mol. The zero-order valence-corrected chi connectivity index (χ0v) is 10.9. The van der Waals surface area contributed by atoms with E-state index in [1.807, 2.05) is 30.3 Å². The molecule has 1 fully saturated rings. The summed E-state index contributed by atoms with van der Waals surface area (Å²) in [5, 5.41) is 3.09. The van der Waals surface area contributed by atoms with E-state index in [0.717, 1.165) is 24.3 Å². The third kappa shape index (κ3) is 3.57. The Hall–Kier alpha value is -1.35. The molecule has 1 aromatic rings. The summed E-state index contributed by atoms with van der Waals surface area (Å²) >= 11 is 0. The van der Waals surface area contributed by atoms with Crippen LogP contribution in [0.5, 0.6) is 0 Å². The topological polar surface area (TPSA) is 55.1 Å². The molecule has 98 valence electrons. The predicted molar refractivity (Wildman–Crippen MR) is 72.9 cm³/mol. The normalized spacial score (nSPS) is 24.8. The Kier molecular flexibility index (Phi) is 4.37. The molecule has 1 saturated carbocycles. The van der Waals surface area contributed by atoms with E-state index in [4.69, 9.17) is 5.73 Å². The van der Waals surface area contributed by atoms with Gasteiger partial charge in [0.25, 0.3) is 0 Å². The Balaban J connectivity index is 1.81. The summed E-state index contributed by atoms with van der Waals surface area (Å²) in [6.45, 7) is 2.24. The van der Waals surface area contributed by atoms with Gasteiger partial charge in [0.05, 0.1) is 0 Å². The zero-order chi connectivity index (χ0) is 13.0. The minimum Gasteiger partial charge on any atom is -0.353 e. The number of carbonyl (C=O) groups excluding carboxylic acids is 1. The van der Waals surface area contributed by atoms with Gasteiger partial charge in [-0.25, -0.2) is 0 Å². The molecule has 1 aliphatic rings. The van der Waals surface area contributed by atoms with Crippen LogP contribution in [0.4, 0.5) is 0 Å². The van der Waals surface area contributed by atoms with Gasteiger partial charge in [0.1, 0.15) is 0 Å². The van der Waals surface area contributed by atoms with Crippen molar-refractivity contribution in [3.05, 3.63) is 35.9 Å². The molecule has 2 rings (SSSR count). The van der Waals surface area contributed by atoms with Crippen molar-refractivity contribution in [2.75, 3.05) is 0 Å². The zero-order valence-electron chi connectivity index (χ0n) is 10.9. The summed E-state index contributed by atoms with van der Waals surface area (Å²) in [5.41, 5.74) is 7.06. The van der Waals surface area contributed by atoms with Crippen molar-refractivity contribution in [2.45, 2.75) is 44.7 Å². The highest BCUT2D eigenvalue weighted by Gasteiger charge is 2.23. The summed E-state index contributed by atoms with van der Waals surface area (Å²) in [7, 11) is 0. The van der Waals surface area contributed by atoms with Gasteiger partial charge in [0.2, 0.25) is 5.91 Å². The first-order valence-electron chi connectivity index (χ1n) is 6.75. The highest BCUT2D eigenvalue weighted by atomic mass is 16.1. The lowest BCUT2D eigenvalue weighted by Crippen LogP contribution is -2.34. The molecule has 0 heterocycles. The second-order valence-corrected chi connectivity index (χ2v) is 5.40. The fourth-order valence-corrected chi connectivity index (χ4v) is 2.64. The van der Waals surface area contributed by atoms with Gasteiger partial charge in [-0.2, -0.15) is 0 Å². The molecule has 0 spiro atoms. The van der Waals surface area contributed by atoms with Gasteiger partial charge in [0.15, 0.2) is 0 Å². The lowest BCUT2D eigenvalue weighted by atomic mass is 10.0. The molecule has 1 aromatic carbocycles. The third-order valence-corrected chi connectivity index (χ3v) is 3.69. The SMILES string of the molecule is CC1CCC(NC(=O)CC(N)c2ccccc2)C1. The average molecular weight is 246 g/mol. The number of hydrogen-bond acceptors (Lipinski definition) is 2. The summed E-state index contributed by atoms with van der Waals surface area (Å²) in [6.07, 6.45) is 3.80. The maximum absolute atomic E-state index is 11.9. The summed E-state index contributed by atoms with van der Waals surface area (Å²) in [6, 6.07) is 9.94. The third-order valence-electron chi connectivity index (χ3n) is 3.69. The Morgan fingerprint density at radius 1 is 1.39 bits per heavy atom. The number of carbonyl (C=O) groups is 1. The summed E-state index contributed by atoms with van der Waals surface area (Å²) < 4.78 is 0. The molecule has 3 unspecified atom stereocenters. The first-order chi connectivity index (χ1) is 8.65. The van der Waals surface area contributed by atoms with Crippen LogP contribution in [0.15, 0.2) is 30.3 Å². The van der Waals surface area contributed by atoms with Gasteiger partial charge in [0, 0.05) is 18.5 Å². The average Bonchev–Trinajstić information content (AvgIpc) is 2.75. The molecule has 3 heteroatoms. The summed E-state index contributed by atoms with van der Waals surface area (Å²) in [4.78, 5) is 11.9. The van der Waals surface area contributed by atoms with E-state index < -0.39 is 0 Å². The predicted octanol–water partition coefficient (Wildman–Crippen LogP) is 2.38. The van der Waals surface area contributed by atoms with E-state index in [0.29, 0.717) is 12.5 Å². The highest BCUT2D eigenvalue weighted by Crippen LogP contribution is 2.24. The molecule has 0 bridgehead atoms.